The normalized spacial score (nSPS) is 11.0. The summed E-state index contributed by atoms with van der Waals surface area (Å²) in [5.74, 6) is 2.34. The van der Waals surface area contributed by atoms with Crippen molar-refractivity contribution in [2.75, 3.05) is 6.66 Å². The lowest BCUT2D eigenvalue weighted by Crippen LogP contribution is -2.17. The topological polar surface area (TPSA) is 0 Å². The van der Waals surface area contributed by atoms with E-state index in [0.717, 1.165) is 5.57 Å². The number of allylic oxidation sites excluding steroid dienone is 1. The zero-order valence-electron chi connectivity index (χ0n) is 11.0. The molecule has 0 N–H and O–H groups in total. The Kier molecular flexibility index (Phi) is 3.89. The molecule has 0 bridgehead atoms. The Morgan fingerprint density at radius 3 is 1.61 bits per heavy atom. The van der Waals surface area contributed by atoms with Gasteiger partial charge in [-0.2, -0.15) is 0 Å². The van der Waals surface area contributed by atoms with E-state index >= 15 is 0 Å². The maximum absolute atomic E-state index is 4.06. The molecule has 1 heteroatoms. The summed E-state index contributed by atoms with van der Waals surface area (Å²) in [7, 11) is 0. The molecule has 0 fully saturated rings. The quantitative estimate of drug-likeness (QED) is 0.733. The summed E-state index contributed by atoms with van der Waals surface area (Å²) in [6.07, 6.45) is 0. The van der Waals surface area contributed by atoms with Crippen LogP contribution in [0.1, 0.15) is 6.92 Å². The van der Waals surface area contributed by atoms with Crippen molar-refractivity contribution < 1.29 is 0 Å². The number of hydrogen-bond acceptors (Lipinski definition) is 0. The van der Waals surface area contributed by atoms with Gasteiger partial charge in [0.2, 0.25) is 0 Å². The molecule has 18 heavy (non-hydrogen) atoms. The minimum atomic E-state index is -1.45. The van der Waals surface area contributed by atoms with E-state index in [9.17, 15) is 0 Å². The lowest BCUT2D eigenvalue weighted by Gasteiger charge is -2.23. The Balaban J connectivity index is 2.67. The van der Waals surface area contributed by atoms with Gasteiger partial charge < -0.3 is 0 Å². The van der Waals surface area contributed by atoms with Crippen molar-refractivity contribution in [2.45, 2.75) is 6.92 Å². The second-order valence-corrected chi connectivity index (χ2v) is 8.16. The Labute approximate surface area is 110 Å². The van der Waals surface area contributed by atoms with Gasteiger partial charge in [0, 0.05) is 0 Å². The first-order chi connectivity index (χ1) is 8.63. The van der Waals surface area contributed by atoms with Crippen LogP contribution >= 0.6 is 6.89 Å². The van der Waals surface area contributed by atoms with Crippen LogP contribution in [0, 0.1) is 0 Å². The van der Waals surface area contributed by atoms with Crippen LogP contribution in [0.5, 0.6) is 0 Å². The average molecular weight is 254 g/mol. The first kappa shape index (κ1) is 12.9. The molecule has 0 radical (unpaired) electrons. The number of rotatable bonds is 3. The number of benzene rings is 2. The lowest BCUT2D eigenvalue weighted by atomic mass is 10.4. The second kappa shape index (κ2) is 5.42. The van der Waals surface area contributed by atoms with Crippen LogP contribution in [0.2, 0.25) is 0 Å². The Morgan fingerprint density at radius 1 is 0.889 bits per heavy atom. The van der Waals surface area contributed by atoms with Crippen molar-refractivity contribution in [3.63, 3.8) is 0 Å². The molecule has 0 spiro atoms. The highest BCUT2D eigenvalue weighted by atomic mass is 31.2. The van der Waals surface area contributed by atoms with Gasteiger partial charge in [-0.25, -0.2) is 0 Å². The molecule has 0 heterocycles. The third-order valence-electron chi connectivity index (χ3n) is 3.06. The van der Waals surface area contributed by atoms with Crippen LogP contribution in [0.4, 0.5) is 0 Å². The molecule has 2 aromatic carbocycles. The van der Waals surface area contributed by atoms with Gasteiger partial charge >= 0.3 is 0 Å². The fourth-order valence-electron chi connectivity index (χ4n) is 2.21. The molecule has 0 aliphatic rings. The molecule has 0 saturated heterocycles. The average Bonchev–Trinajstić information content (AvgIpc) is 2.40. The van der Waals surface area contributed by atoms with Gasteiger partial charge in [-0.15, -0.1) is 0 Å². The summed E-state index contributed by atoms with van der Waals surface area (Å²) >= 11 is 0. The van der Waals surface area contributed by atoms with Gasteiger partial charge in [-0.3, -0.25) is 0 Å². The first-order valence-corrected chi connectivity index (χ1v) is 8.42. The van der Waals surface area contributed by atoms with Gasteiger partial charge in [0.25, 0.3) is 0 Å². The van der Waals surface area contributed by atoms with Crippen molar-refractivity contribution in [1.82, 2.24) is 0 Å². The second-order valence-electron chi connectivity index (χ2n) is 4.72. The predicted molar refractivity (Wildman–Crippen MR) is 85.9 cm³/mol. The summed E-state index contributed by atoms with van der Waals surface area (Å²) in [6.45, 7) is 7.04. The van der Waals surface area contributed by atoms with Crippen molar-refractivity contribution in [3.8, 4) is 0 Å². The largest absolute Gasteiger partial charge is 0.0961 e. The van der Waals surface area contributed by atoms with Crippen LogP contribution in [0.15, 0.2) is 72.8 Å². The molecular weight excluding hydrogens is 235 g/mol. The zero-order chi connectivity index (χ0) is 13.0. The summed E-state index contributed by atoms with van der Waals surface area (Å²) in [4.78, 5) is 0. The highest BCUT2D eigenvalue weighted by molar-refractivity contribution is 7.87. The van der Waals surface area contributed by atoms with E-state index in [2.05, 4.69) is 86.6 Å². The standard InChI is InChI=1S/C17H19P/c1-15(2)14-18(3,16-10-6-4-7-11-16)17-12-8-5-9-13-17/h4-14H,1H2,2-3H3. The highest BCUT2D eigenvalue weighted by Crippen LogP contribution is 2.40. The maximum Gasteiger partial charge on any atom is -0.0205 e. The molecular formula is C17H19P. The van der Waals surface area contributed by atoms with E-state index in [1.165, 1.54) is 10.6 Å². The monoisotopic (exact) mass is 254 g/mol. The summed E-state index contributed by atoms with van der Waals surface area (Å²) < 4.78 is 0. The fraction of sp³-hybridized carbons (Fsp3) is 0.118. The fourth-order valence-corrected chi connectivity index (χ4v) is 5.28. The smallest absolute Gasteiger partial charge is 0.0205 e. The SMILES string of the molecule is C=C(C)C=P(C)(c1ccccc1)c1ccccc1. The summed E-state index contributed by atoms with van der Waals surface area (Å²) in [6, 6.07) is 21.5. The van der Waals surface area contributed by atoms with E-state index in [0.29, 0.717) is 0 Å². The lowest BCUT2D eigenvalue weighted by molar-refractivity contribution is 1.69. The summed E-state index contributed by atoms with van der Waals surface area (Å²) in [5, 5.41) is 2.80. The molecule has 2 rings (SSSR count). The van der Waals surface area contributed by atoms with Gasteiger partial charge in [-0.05, 0) is 24.2 Å². The third kappa shape index (κ3) is 2.66. The Bertz CT molecular complexity index is 536. The molecule has 0 unspecified atom stereocenters. The van der Waals surface area contributed by atoms with Gasteiger partial charge in [0.1, 0.15) is 0 Å². The Morgan fingerprint density at radius 2 is 1.28 bits per heavy atom. The molecule has 0 aliphatic heterocycles. The minimum Gasteiger partial charge on any atom is -0.0961 e. The van der Waals surface area contributed by atoms with Crippen LogP contribution in [-0.4, -0.2) is 12.5 Å². The molecule has 0 saturated carbocycles. The predicted octanol–water partition coefficient (Wildman–Crippen LogP) is 3.66. The van der Waals surface area contributed by atoms with Crippen LogP contribution in [0.3, 0.4) is 0 Å². The minimum absolute atomic E-state index is 1.14. The van der Waals surface area contributed by atoms with E-state index in [4.69, 9.17) is 0 Å². The molecule has 2 aromatic rings. The molecule has 92 valence electrons. The van der Waals surface area contributed by atoms with Crippen LogP contribution < -0.4 is 10.6 Å². The van der Waals surface area contributed by atoms with E-state index in [-0.39, 0.29) is 0 Å². The molecule has 0 aliphatic carbocycles. The Hall–Kier alpha value is -1.52. The van der Waals surface area contributed by atoms with Gasteiger partial charge in [0.15, 0.2) is 0 Å². The molecule has 0 atom stereocenters. The third-order valence-corrected chi connectivity index (χ3v) is 6.76. The van der Waals surface area contributed by atoms with Gasteiger partial charge in [0.05, 0.1) is 0 Å². The van der Waals surface area contributed by atoms with E-state index in [1.807, 2.05) is 0 Å². The molecule has 0 nitrogen and oxygen atoms in total. The van der Waals surface area contributed by atoms with E-state index < -0.39 is 6.89 Å². The first-order valence-electron chi connectivity index (χ1n) is 6.12. The molecule has 0 amide bonds. The van der Waals surface area contributed by atoms with Crippen molar-refractivity contribution in [3.05, 3.63) is 72.8 Å². The zero-order valence-corrected chi connectivity index (χ0v) is 11.9. The number of hydrogen-bond donors (Lipinski definition) is 0. The van der Waals surface area contributed by atoms with Crippen LogP contribution in [-0.2, 0) is 0 Å². The van der Waals surface area contributed by atoms with Crippen molar-refractivity contribution in [1.29, 1.82) is 0 Å². The van der Waals surface area contributed by atoms with Gasteiger partial charge in [-0.1, -0.05) is 85.5 Å². The molecule has 0 aromatic heterocycles. The van der Waals surface area contributed by atoms with Crippen molar-refractivity contribution in [2.24, 2.45) is 0 Å². The maximum atomic E-state index is 4.06. The van der Waals surface area contributed by atoms with E-state index in [1.54, 1.807) is 0 Å². The highest BCUT2D eigenvalue weighted by Gasteiger charge is 2.15. The van der Waals surface area contributed by atoms with Crippen LogP contribution in [0.25, 0.3) is 0 Å². The van der Waals surface area contributed by atoms with Crippen molar-refractivity contribution >= 4 is 23.3 Å². The summed E-state index contributed by atoms with van der Waals surface area (Å²) in [5.41, 5.74) is 1.14.